The van der Waals surface area contributed by atoms with Crippen LogP contribution in [-0.4, -0.2) is 31.0 Å². The lowest BCUT2D eigenvalue weighted by Gasteiger charge is -2.11. The van der Waals surface area contributed by atoms with Crippen molar-refractivity contribution in [3.05, 3.63) is 52.5 Å². The van der Waals surface area contributed by atoms with E-state index < -0.39 is 12.6 Å². The Balaban J connectivity index is 2.24. The molecular weight excluding hydrogens is 318 g/mol. The number of carboxylic acids is 1. The van der Waals surface area contributed by atoms with E-state index in [2.05, 4.69) is 4.99 Å². The zero-order valence-electron chi connectivity index (χ0n) is 12.7. The summed E-state index contributed by atoms with van der Waals surface area (Å²) in [4.78, 5) is 15.0. The molecule has 0 aliphatic carbocycles. The summed E-state index contributed by atoms with van der Waals surface area (Å²) in [6.07, 6.45) is 1.65. The number of carboxylic acid groups (broad SMARTS) is 1. The summed E-state index contributed by atoms with van der Waals surface area (Å²) in [5.41, 5.74) is 2.69. The summed E-state index contributed by atoms with van der Waals surface area (Å²) in [6.45, 7) is 1.51. The number of rotatable bonds is 6. The number of methoxy groups -OCH3 is 1. The number of halogens is 1. The highest BCUT2D eigenvalue weighted by molar-refractivity contribution is 6.32. The fourth-order valence-corrected chi connectivity index (χ4v) is 2.14. The topological polar surface area (TPSA) is 68.1 Å². The highest BCUT2D eigenvalue weighted by atomic mass is 35.5. The Bertz CT molecular complexity index is 726. The minimum absolute atomic E-state index is 0.198. The molecule has 0 aliphatic rings. The number of carbonyl (C=O) groups is 1. The van der Waals surface area contributed by atoms with Crippen LogP contribution in [0.4, 0.5) is 5.69 Å². The molecule has 0 heterocycles. The lowest BCUT2D eigenvalue weighted by Crippen LogP contribution is -2.10. The van der Waals surface area contributed by atoms with E-state index in [4.69, 9.17) is 26.2 Å². The Morgan fingerprint density at radius 1 is 1.30 bits per heavy atom. The molecule has 0 atom stereocenters. The van der Waals surface area contributed by atoms with Crippen molar-refractivity contribution in [1.29, 1.82) is 0 Å². The van der Waals surface area contributed by atoms with Crippen molar-refractivity contribution < 1.29 is 19.4 Å². The minimum Gasteiger partial charge on any atom is -0.493 e. The Morgan fingerprint density at radius 3 is 2.61 bits per heavy atom. The Labute approximate surface area is 139 Å². The molecule has 0 fully saturated rings. The normalized spacial score (nSPS) is 10.7. The average Bonchev–Trinajstić information content (AvgIpc) is 2.52. The van der Waals surface area contributed by atoms with Gasteiger partial charge in [0.2, 0.25) is 0 Å². The highest BCUT2D eigenvalue weighted by Gasteiger charge is 2.13. The van der Waals surface area contributed by atoms with Crippen LogP contribution in [-0.2, 0) is 4.79 Å². The molecule has 23 heavy (non-hydrogen) atoms. The second-order valence-electron chi connectivity index (χ2n) is 4.81. The molecule has 2 aromatic rings. The number of hydrogen-bond acceptors (Lipinski definition) is 4. The SMILES string of the molecule is COc1cc(C=Nc2ccc(C)cc2)cc(Cl)c1OCC(=O)O. The molecule has 0 aliphatic heterocycles. The zero-order chi connectivity index (χ0) is 16.8. The molecule has 0 aromatic heterocycles. The van der Waals surface area contributed by atoms with Crippen molar-refractivity contribution in [2.45, 2.75) is 6.92 Å². The molecule has 6 heteroatoms. The molecule has 0 spiro atoms. The number of nitrogens with zero attached hydrogens (tertiary/aromatic N) is 1. The van der Waals surface area contributed by atoms with Gasteiger partial charge in [-0.25, -0.2) is 4.79 Å². The first-order chi connectivity index (χ1) is 11.0. The number of aliphatic imine (C=N–C) groups is 1. The predicted molar refractivity (Wildman–Crippen MR) is 89.6 cm³/mol. The van der Waals surface area contributed by atoms with E-state index in [-0.39, 0.29) is 10.8 Å². The summed E-state index contributed by atoms with van der Waals surface area (Å²) in [5.74, 6) is -0.540. The van der Waals surface area contributed by atoms with Crippen molar-refractivity contribution >= 4 is 29.5 Å². The monoisotopic (exact) mass is 333 g/mol. The Kier molecular flexibility index (Phi) is 5.60. The molecule has 0 saturated carbocycles. The minimum atomic E-state index is -1.09. The molecule has 2 aromatic carbocycles. The van der Waals surface area contributed by atoms with Crippen molar-refractivity contribution in [3.8, 4) is 11.5 Å². The van der Waals surface area contributed by atoms with Crippen LogP contribution in [0.2, 0.25) is 5.02 Å². The quantitative estimate of drug-likeness (QED) is 0.815. The van der Waals surface area contributed by atoms with Gasteiger partial charge in [-0.05, 0) is 36.8 Å². The second-order valence-corrected chi connectivity index (χ2v) is 5.22. The smallest absolute Gasteiger partial charge is 0.341 e. The van der Waals surface area contributed by atoms with E-state index in [0.29, 0.717) is 5.75 Å². The van der Waals surface area contributed by atoms with Crippen LogP contribution in [0.25, 0.3) is 0 Å². The summed E-state index contributed by atoms with van der Waals surface area (Å²) >= 11 is 6.14. The van der Waals surface area contributed by atoms with Gasteiger partial charge in [0.1, 0.15) is 0 Å². The molecule has 5 nitrogen and oxygen atoms in total. The van der Waals surface area contributed by atoms with Gasteiger partial charge in [-0.3, -0.25) is 4.99 Å². The highest BCUT2D eigenvalue weighted by Crippen LogP contribution is 2.36. The lowest BCUT2D eigenvalue weighted by molar-refractivity contribution is -0.139. The molecule has 0 bridgehead atoms. The van der Waals surface area contributed by atoms with Crippen molar-refractivity contribution in [2.75, 3.05) is 13.7 Å². The van der Waals surface area contributed by atoms with E-state index >= 15 is 0 Å². The van der Waals surface area contributed by atoms with Crippen LogP contribution in [0.5, 0.6) is 11.5 Å². The first-order valence-electron chi connectivity index (χ1n) is 6.82. The number of aryl methyl sites for hydroxylation is 1. The van der Waals surface area contributed by atoms with Gasteiger partial charge in [0, 0.05) is 6.21 Å². The van der Waals surface area contributed by atoms with Gasteiger partial charge in [0.05, 0.1) is 17.8 Å². The van der Waals surface area contributed by atoms with Gasteiger partial charge in [-0.1, -0.05) is 29.3 Å². The van der Waals surface area contributed by atoms with Crippen molar-refractivity contribution in [3.63, 3.8) is 0 Å². The first-order valence-corrected chi connectivity index (χ1v) is 7.20. The Morgan fingerprint density at radius 2 is 2.00 bits per heavy atom. The number of hydrogen-bond donors (Lipinski definition) is 1. The van der Waals surface area contributed by atoms with Crippen LogP contribution in [0.3, 0.4) is 0 Å². The van der Waals surface area contributed by atoms with Crippen molar-refractivity contribution in [2.24, 2.45) is 4.99 Å². The maximum Gasteiger partial charge on any atom is 0.341 e. The fraction of sp³-hybridized carbons (Fsp3) is 0.176. The molecule has 0 saturated heterocycles. The second kappa shape index (κ2) is 7.65. The van der Waals surface area contributed by atoms with E-state index in [1.165, 1.54) is 7.11 Å². The van der Waals surface area contributed by atoms with Gasteiger partial charge < -0.3 is 14.6 Å². The number of aliphatic carboxylic acids is 1. The summed E-state index contributed by atoms with van der Waals surface area (Å²) in [7, 11) is 1.46. The molecular formula is C17H16ClNO4. The Hall–Kier alpha value is -2.53. The van der Waals surface area contributed by atoms with Gasteiger partial charge in [0.15, 0.2) is 18.1 Å². The standard InChI is InChI=1S/C17H16ClNO4/c1-11-3-5-13(6-4-11)19-9-12-7-14(18)17(15(8-12)22-2)23-10-16(20)21/h3-9H,10H2,1-2H3,(H,20,21). The lowest BCUT2D eigenvalue weighted by atomic mass is 10.2. The molecule has 0 unspecified atom stereocenters. The van der Waals surface area contributed by atoms with E-state index in [1.54, 1.807) is 18.3 Å². The molecule has 0 amide bonds. The third-order valence-electron chi connectivity index (χ3n) is 2.99. The first kappa shape index (κ1) is 16.8. The molecule has 0 radical (unpaired) electrons. The van der Waals surface area contributed by atoms with Crippen LogP contribution in [0.15, 0.2) is 41.4 Å². The zero-order valence-corrected chi connectivity index (χ0v) is 13.5. The van der Waals surface area contributed by atoms with Gasteiger partial charge in [-0.15, -0.1) is 0 Å². The van der Waals surface area contributed by atoms with E-state index in [9.17, 15) is 4.79 Å². The van der Waals surface area contributed by atoms with Gasteiger partial charge in [0.25, 0.3) is 0 Å². The molecule has 120 valence electrons. The predicted octanol–water partition coefficient (Wildman–Crippen LogP) is 3.87. The van der Waals surface area contributed by atoms with Crippen LogP contribution >= 0.6 is 11.6 Å². The van der Waals surface area contributed by atoms with Crippen LogP contribution in [0, 0.1) is 6.92 Å². The fourth-order valence-electron chi connectivity index (χ4n) is 1.87. The summed E-state index contributed by atoms with van der Waals surface area (Å²) in [5, 5.41) is 8.94. The van der Waals surface area contributed by atoms with Crippen LogP contribution < -0.4 is 9.47 Å². The maximum atomic E-state index is 10.6. The average molecular weight is 334 g/mol. The largest absolute Gasteiger partial charge is 0.493 e. The van der Waals surface area contributed by atoms with Crippen molar-refractivity contribution in [1.82, 2.24) is 0 Å². The van der Waals surface area contributed by atoms with E-state index in [1.807, 2.05) is 31.2 Å². The van der Waals surface area contributed by atoms with Gasteiger partial charge >= 0.3 is 5.97 Å². The third-order valence-corrected chi connectivity index (χ3v) is 3.27. The van der Waals surface area contributed by atoms with E-state index in [0.717, 1.165) is 16.8 Å². The maximum absolute atomic E-state index is 10.6. The number of benzene rings is 2. The summed E-state index contributed by atoms with van der Waals surface area (Å²) < 4.78 is 10.4. The third kappa shape index (κ3) is 4.72. The molecule has 1 N–H and O–H groups in total. The number of ether oxygens (including phenoxy) is 2. The van der Waals surface area contributed by atoms with Gasteiger partial charge in [-0.2, -0.15) is 0 Å². The summed E-state index contributed by atoms with van der Waals surface area (Å²) in [6, 6.07) is 11.1. The molecule has 2 rings (SSSR count). The van der Waals surface area contributed by atoms with Crippen LogP contribution in [0.1, 0.15) is 11.1 Å².